The molecule has 0 aliphatic carbocycles. The van der Waals surface area contributed by atoms with E-state index >= 15 is 0 Å². The Morgan fingerprint density at radius 1 is 1.11 bits per heavy atom. The van der Waals surface area contributed by atoms with Crippen molar-refractivity contribution in [2.45, 2.75) is 6.18 Å². The van der Waals surface area contributed by atoms with E-state index in [0.717, 1.165) is 6.07 Å². The molecule has 0 saturated carbocycles. The van der Waals surface area contributed by atoms with Gasteiger partial charge in [-0.15, -0.1) is 0 Å². The number of hydrogen-bond acceptors (Lipinski definition) is 1. The standard InChI is InChI=1S/C12H6Cl2F3NO/c13-6-1-2-9(14)7(3-6)10-4-11(19)8(5-18-10)12(15,16)17/h1-5H,(H,18,19). The van der Waals surface area contributed by atoms with Crippen LogP contribution in [0.5, 0.6) is 0 Å². The highest BCUT2D eigenvalue weighted by Crippen LogP contribution is 2.30. The summed E-state index contributed by atoms with van der Waals surface area (Å²) >= 11 is 11.7. The summed E-state index contributed by atoms with van der Waals surface area (Å²) in [5.41, 5.74) is -1.85. The van der Waals surface area contributed by atoms with E-state index in [-0.39, 0.29) is 10.7 Å². The molecule has 100 valence electrons. The molecule has 7 heteroatoms. The van der Waals surface area contributed by atoms with Gasteiger partial charge >= 0.3 is 6.18 Å². The van der Waals surface area contributed by atoms with Crippen molar-refractivity contribution in [3.05, 3.63) is 56.3 Å². The zero-order chi connectivity index (χ0) is 14.2. The summed E-state index contributed by atoms with van der Waals surface area (Å²) in [5, 5.41) is 0.639. The monoisotopic (exact) mass is 307 g/mol. The van der Waals surface area contributed by atoms with Crippen molar-refractivity contribution >= 4 is 23.2 Å². The molecule has 1 heterocycles. The van der Waals surface area contributed by atoms with Crippen molar-refractivity contribution in [2.24, 2.45) is 0 Å². The number of halogens is 5. The zero-order valence-corrected chi connectivity index (χ0v) is 10.7. The summed E-state index contributed by atoms with van der Waals surface area (Å²) < 4.78 is 37.4. The van der Waals surface area contributed by atoms with Gasteiger partial charge < -0.3 is 4.98 Å². The molecule has 1 aromatic heterocycles. The molecule has 2 aromatic rings. The van der Waals surface area contributed by atoms with Crippen molar-refractivity contribution in [3.63, 3.8) is 0 Å². The molecule has 2 nitrogen and oxygen atoms in total. The van der Waals surface area contributed by atoms with Crippen LogP contribution >= 0.6 is 23.2 Å². The lowest BCUT2D eigenvalue weighted by atomic mass is 10.1. The van der Waals surface area contributed by atoms with E-state index in [1.54, 1.807) is 0 Å². The normalized spacial score (nSPS) is 11.6. The topological polar surface area (TPSA) is 32.9 Å². The van der Waals surface area contributed by atoms with E-state index in [9.17, 15) is 18.0 Å². The number of alkyl halides is 3. The minimum absolute atomic E-state index is 0.172. The Morgan fingerprint density at radius 3 is 2.37 bits per heavy atom. The summed E-state index contributed by atoms with van der Waals surface area (Å²) in [4.78, 5) is 13.8. The number of aromatic amines is 1. The van der Waals surface area contributed by atoms with Crippen LogP contribution in [-0.4, -0.2) is 4.98 Å². The molecule has 1 N–H and O–H groups in total. The number of nitrogens with one attached hydrogen (secondary N) is 1. The van der Waals surface area contributed by atoms with Gasteiger partial charge in [0.15, 0.2) is 5.43 Å². The van der Waals surface area contributed by atoms with E-state index in [2.05, 4.69) is 4.98 Å². The van der Waals surface area contributed by atoms with Gasteiger partial charge in [0.2, 0.25) is 0 Å². The Balaban J connectivity index is 2.57. The van der Waals surface area contributed by atoms with Crippen LogP contribution in [0.1, 0.15) is 5.56 Å². The van der Waals surface area contributed by atoms with Gasteiger partial charge in [0.1, 0.15) is 5.56 Å². The average Bonchev–Trinajstić information content (AvgIpc) is 2.30. The highest BCUT2D eigenvalue weighted by Gasteiger charge is 2.33. The fourth-order valence-corrected chi connectivity index (χ4v) is 1.94. The number of benzene rings is 1. The van der Waals surface area contributed by atoms with Crippen molar-refractivity contribution in [2.75, 3.05) is 0 Å². The number of H-pyrrole nitrogens is 1. The van der Waals surface area contributed by atoms with Gasteiger partial charge in [-0.1, -0.05) is 23.2 Å². The molecule has 0 aliphatic heterocycles. The molecule has 0 unspecified atom stereocenters. The first kappa shape index (κ1) is 14.0. The van der Waals surface area contributed by atoms with Gasteiger partial charge in [-0.05, 0) is 18.2 Å². The first-order valence-corrected chi connectivity index (χ1v) is 5.80. The minimum atomic E-state index is -4.69. The molecular formula is C12H6Cl2F3NO. The van der Waals surface area contributed by atoms with Crippen LogP contribution in [0.25, 0.3) is 11.3 Å². The van der Waals surface area contributed by atoms with Gasteiger partial charge in [0.25, 0.3) is 0 Å². The van der Waals surface area contributed by atoms with Crippen LogP contribution in [0.4, 0.5) is 13.2 Å². The van der Waals surface area contributed by atoms with Crippen LogP contribution in [0.15, 0.2) is 35.3 Å². The summed E-state index contributed by atoms with van der Waals surface area (Å²) in [6, 6.07) is 5.34. The van der Waals surface area contributed by atoms with Crippen LogP contribution in [-0.2, 0) is 6.18 Å². The summed E-state index contributed by atoms with van der Waals surface area (Å²) in [5.74, 6) is 0. The fourth-order valence-electron chi connectivity index (χ4n) is 1.55. The predicted octanol–water partition coefficient (Wildman–Crippen LogP) is 4.37. The molecular weight excluding hydrogens is 302 g/mol. The van der Waals surface area contributed by atoms with Gasteiger partial charge in [0.05, 0.1) is 5.69 Å². The maximum Gasteiger partial charge on any atom is 0.421 e. The second-order valence-electron chi connectivity index (χ2n) is 3.75. The first-order chi connectivity index (χ1) is 8.79. The summed E-state index contributed by atoms with van der Waals surface area (Å²) in [6.45, 7) is 0. The Morgan fingerprint density at radius 2 is 1.79 bits per heavy atom. The van der Waals surface area contributed by atoms with Crippen molar-refractivity contribution in [1.82, 2.24) is 4.98 Å². The van der Waals surface area contributed by atoms with E-state index < -0.39 is 17.2 Å². The number of aromatic nitrogens is 1. The van der Waals surface area contributed by atoms with Crippen LogP contribution in [0, 0.1) is 0 Å². The summed E-state index contributed by atoms with van der Waals surface area (Å²) in [6.07, 6.45) is -4.07. The Bertz CT molecular complexity index is 679. The quantitative estimate of drug-likeness (QED) is 0.834. The smallest absolute Gasteiger partial charge is 0.360 e. The van der Waals surface area contributed by atoms with Gasteiger partial charge in [0, 0.05) is 27.9 Å². The highest BCUT2D eigenvalue weighted by atomic mass is 35.5. The second-order valence-corrected chi connectivity index (χ2v) is 4.59. The molecule has 19 heavy (non-hydrogen) atoms. The minimum Gasteiger partial charge on any atom is -0.360 e. The van der Waals surface area contributed by atoms with Gasteiger partial charge in [-0.3, -0.25) is 4.79 Å². The molecule has 2 rings (SSSR count). The maximum absolute atomic E-state index is 12.5. The summed E-state index contributed by atoms with van der Waals surface area (Å²) in [7, 11) is 0. The third-order valence-electron chi connectivity index (χ3n) is 2.44. The Kier molecular flexibility index (Phi) is 3.60. The fraction of sp³-hybridized carbons (Fsp3) is 0.0833. The molecule has 0 aliphatic rings. The Hall–Kier alpha value is -1.46. The Labute approximate surface area is 115 Å². The molecule has 0 fully saturated rings. The molecule has 0 spiro atoms. The molecule has 0 bridgehead atoms. The molecule has 1 aromatic carbocycles. The van der Waals surface area contributed by atoms with Gasteiger partial charge in [-0.25, -0.2) is 0 Å². The number of hydrogen-bond donors (Lipinski definition) is 1. The zero-order valence-electron chi connectivity index (χ0n) is 9.18. The lowest BCUT2D eigenvalue weighted by Gasteiger charge is -2.08. The van der Waals surface area contributed by atoms with Gasteiger partial charge in [-0.2, -0.15) is 13.2 Å². The van der Waals surface area contributed by atoms with Crippen LogP contribution in [0.3, 0.4) is 0 Å². The largest absolute Gasteiger partial charge is 0.421 e. The average molecular weight is 308 g/mol. The van der Waals surface area contributed by atoms with E-state index in [4.69, 9.17) is 23.2 Å². The molecule has 0 saturated heterocycles. The van der Waals surface area contributed by atoms with Crippen molar-refractivity contribution in [3.8, 4) is 11.3 Å². The van der Waals surface area contributed by atoms with Crippen LogP contribution in [0.2, 0.25) is 10.0 Å². The first-order valence-electron chi connectivity index (χ1n) is 5.04. The number of pyridine rings is 1. The second kappa shape index (κ2) is 4.90. The van der Waals surface area contributed by atoms with Crippen LogP contribution < -0.4 is 5.43 Å². The van der Waals surface area contributed by atoms with E-state index in [0.29, 0.717) is 16.8 Å². The lowest BCUT2D eigenvalue weighted by molar-refractivity contribution is -0.138. The van der Waals surface area contributed by atoms with Crippen molar-refractivity contribution < 1.29 is 13.2 Å². The molecule has 0 amide bonds. The number of rotatable bonds is 1. The molecule has 0 atom stereocenters. The SMILES string of the molecule is O=c1cc(-c2cc(Cl)ccc2Cl)[nH]cc1C(F)(F)F. The highest BCUT2D eigenvalue weighted by molar-refractivity contribution is 6.35. The predicted molar refractivity (Wildman–Crippen MR) is 67.5 cm³/mol. The van der Waals surface area contributed by atoms with E-state index in [1.807, 2.05) is 0 Å². The van der Waals surface area contributed by atoms with E-state index in [1.165, 1.54) is 18.2 Å². The van der Waals surface area contributed by atoms with Crippen molar-refractivity contribution in [1.29, 1.82) is 0 Å². The third-order valence-corrected chi connectivity index (χ3v) is 3.00. The lowest BCUT2D eigenvalue weighted by Crippen LogP contribution is -2.19. The third kappa shape index (κ3) is 2.93. The molecule has 0 radical (unpaired) electrons. The maximum atomic E-state index is 12.5.